The number of carbonyl (C=O) groups is 1. The van der Waals surface area contributed by atoms with Crippen LogP contribution >= 0.6 is 11.3 Å². The first-order valence-electron chi connectivity index (χ1n) is 8.99. The van der Waals surface area contributed by atoms with Crippen LogP contribution in [0, 0.1) is 19.7 Å². The monoisotopic (exact) mass is 445 g/mol. The summed E-state index contributed by atoms with van der Waals surface area (Å²) in [6, 6.07) is 13.5. The quantitative estimate of drug-likeness (QED) is 0.443. The fraction of sp³-hybridized carbons (Fsp3) is 0.143. The average molecular weight is 446 g/mol. The number of sulfonamides is 1. The lowest BCUT2D eigenvalue weighted by Crippen LogP contribution is -2.40. The van der Waals surface area contributed by atoms with Crippen LogP contribution in [-0.2, 0) is 14.8 Å². The number of hydrogen-bond donors (Lipinski definition) is 1. The Balaban J connectivity index is 1.87. The number of para-hydroxylation sites is 1. The van der Waals surface area contributed by atoms with E-state index >= 15 is 0 Å². The van der Waals surface area contributed by atoms with Crippen LogP contribution < -0.4 is 9.73 Å². The van der Waals surface area contributed by atoms with Gasteiger partial charge < -0.3 is 0 Å². The van der Waals surface area contributed by atoms with Crippen molar-refractivity contribution in [2.75, 3.05) is 10.8 Å². The molecule has 0 aliphatic carbocycles. The highest BCUT2D eigenvalue weighted by Crippen LogP contribution is 2.26. The predicted molar refractivity (Wildman–Crippen MR) is 117 cm³/mol. The van der Waals surface area contributed by atoms with Gasteiger partial charge in [0.2, 0.25) is 0 Å². The zero-order valence-corrected chi connectivity index (χ0v) is 18.0. The Morgan fingerprint density at radius 1 is 1.13 bits per heavy atom. The first-order valence-corrected chi connectivity index (χ1v) is 11.3. The van der Waals surface area contributed by atoms with Gasteiger partial charge in [-0.1, -0.05) is 29.8 Å². The van der Waals surface area contributed by atoms with Crippen LogP contribution in [0.5, 0.6) is 0 Å². The number of amides is 1. The summed E-state index contributed by atoms with van der Waals surface area (Å²) in [7, 11) is -4.18. The van der Waals surface area contributed by atoms with Crippen LogP contribution in [0.15, 0.2) is 70.0 Å². The third-order valence-corrected chi connectivity index (χ3v) is 7.02. The summed E-state index contributed by atoms with van der Waals surface area (Å²) in [6.07, 6.45) is 1.49. The number of halogens is 1. The lowest BCUT2D eigenvalue weighted by molar-refractivity contribution is -0.119. The number of benzene rings is 2. The normalized spacial score (nSPS) is 11.6. The van der Waals surface area contributed by atoms with Gasteiger partial charge in [-0.25, -0.2) is 18.2 Å². The number of carbonyl (C=O) groups excluding carboxylic acids is 1. The van der Waals surface area contributed by atoms with E-state index in [1.807, 2.05) is 25.3 Å². The Hall–Kier alpha value is -3.04. The first-order chi connectivity index (χ1) is 14.3. The van der Waals surface area contributed by atoms with Gasteiger partial charge >= 0.3 is 0 Å². The van der Waals surface area contributed by atoms with E-state index in [9.17, 15) is 17.6 Å². The molecule has 9 heteroatoms. The molecule has 3 rings (SSSR count). The van der Waals surface area contributed by atoms with Crippen molar-refractivity contribution >= 4 is 39.2 Å². The minimum atomic E-state index is -4.18. The number of nitrogens with zero attached hydrogens (tertiary/aromatic N) is 2. The maximum absolute atomic E-state index is 14.4. The average Bonchev–Trinajstić information content (AvgIpc) is 3.12. The number of hydrazone groups is 1. The molecule has 0 spiro atoms. The summed E-state index contributed by atoms with van der Waals surface area (Å²) in [6.45, 7) is 3.11. The van der Waals surface area contributed by atoms with Crippen LogP contribution in [0.25, 0.3) is 0 Å². The van der Waals surface area contributed by atoms with E-state index in [1.165, 1.54) is 47.9 Å². The molecule has 156 valence electrons. The zero-order chi connectivity index (χ0) is 21.7. The SMILES string of the molecule is Cc1ccc(S(=O)(=O)N(CC(=O)N/N=C/c2sccc2C)c2ccccc2F)cc1. The minimum Gasteiger partial charge on any atom is -0.271 e. The van der Waals surface area contributed by atoms with E-state index in [0.717, 1.165) is 26.4 Å². The second-order valence-electron chi connectivity index (χ2n) is 6.54. The van der Waals surface area contributed by atoms with E-state index < -0.39 is 28.3 Å². The summed E-state index contributed by atoms with van der Waals surface area (Å²) >= 11 is 1.46. The topological polar surface area (TPSA) is 78.8 Å². The van der Waals surface area contributed by atoms with Crippen molar-refractivity contribution < 1.29 is 17.6 Å². The molecule has 0 saturated heterocycles. The van der Waals surface area contributed by atoms with Gasteiger partial charge in [-0.3, -0.25) is 9.10 Å². The Morgan fingerprint density at radius 3 is 2.47 bits per heavy atom. The Morgan fingerprint density at radius 2 is 1.83 bits per heavy atom. The van der Waals surface area contributed by atoms with Gasteiger partial charge in [-0.2, -0.15) is 5.10 Å². The molecule has 0 radical (unpaired) electrons. The van der Waals surface area contributed by atoms with Crippen LogP contribution in [0.1, 0.15) is 16.0 Å². The van der Waals surface area contributed by atoms with Gasteiger partial charge in [0, 0.05) is 4.88 Å². The lowest BCUT2D eigenvalue weighted by Gasteiger charge is -2.24. The standard InChI is InChI=1S/C21H20FN3O3S2/c1-15-7-9-17(10-8-15)30(27,28)25(19-6-4-3-5-18(19)22)14-21(26)24-23-13-20-16(2)11-12-29-20/h3-13H,14H2,1-2H3,(H,24,26)/b23-13+. The number of thiophene rings is 1. The molecule has 0 atom stereocenters. The molecule has 0 saturated carbocycles. The molecule has 0 fully saturated rings. The molecule has 1 amide bonds. The van der Waals surface area contributed by atoms with E-state index in [2.05, 4.69) is 10.5 Å². The van der Waals surface area contributed by atoms with E-state index in [0.29, 0.717) is 0 Å². The van der Waals surface area contributed by atoms with Crippen molar-refractivity contribution in [3.63, 3.8) is 0 Å². The van der Waals surface area contributed by atoms with Gasteiger partial charge in [0.1, 0.15) is 12.4 Å². The largest absolute Gasteiger partial charge is 0.271 e. The lowest BCUT2D eigenvalue weighted by atomic mass is 10.2. The van der Waals surface area contributed by atoms with E-state index in [4.69, 9.17) is 0 Å². The van der Waals surface area contributed by atoms with E-state index in [1.54, 1.807) is 12.1 Å². The number of aryl methyl sites for hydroxylation is 2. The van der Waals surface area contributed by atoms with Gasteiger partial charge in [0.25, 0.3) is 15.9 Å². The number of rotatable bonds is 7. The summed E-state index contributed by atoms with van der Waals surface area (Å²) in [5.41, 5.74) is 3.98. The molecule has 0 aliphatic rings. The first kappa shape index (κ1) is 21.7. The molecule has 3 aromatic rings. The zero-order valence-electron chi connectivity index (χ0n) is 16.4. The second kappa shape index (κ2) is 9.19. The van der Waals surface area contributed by atoms with Crippen molar-refractivity contribution in [2.45, 2.75) is 18.7 Å². The molecule has 1 aromatic heterocycles. The molecule has 0 aliphatic heterocycles. The van der Waals surface area contributed by atoms with Gasteiger partial charge in [-0.15, -0.1) is 11.3 Å². The molecule has 0 bridgehead atoms. The van der Waals surface area contributed by atoms with Crippen LogP contribution in [0.4, 0.5) is 10.1 Å². The maximum Gasteiger partial charge on any atom is 0.264 e. The molecule has 1 heterocycles. The van der Waals surface area contributed by atoms with Crippen LogP contribution in [0.2, 0.25) is 0 Å². The van der Waals surface area contributed by atoms with E-state index in [-0.39, 0.29) is 10.6 Å². The highest BCUT2D eigenvalue weighted by Gasteiger charge is 2.29. The smallest absolute Gasteiger partial charge is 0.264 e. The Kier molecular flexibility index (Phi) is 6.63. The summed E-state index contributed by atoms with van der Waals surface area (Å²) in [4.78, 5) is 13.3. The van der Waals surface area contributed by atoms with Gasteiger partial charge in [-0.05, 0) is 55.1 Å². The molecular formula is C21H20FN3O3S2. The fourth-order valence-corrected chi connectivity index (χ4v) is 4.85. The number of anilines is 1. The molecular weight excluding hydrogens is 425 g/mol. The number of hydrogen-bond acceptors (Lipinski definition) is 5. The summed E-state index contributed by atoms with van der Waals surface area (Å²) < 4.78 is 41.5. The third-order valence-electron chi connectivity index (χ3n) is 4.29. The maximum atomic E-state index is 14.4. The molecule has 1 N–H and O–H groups in total. The minimum absolute atomic E-state index is 0.0399. The van der Waals surface area contributed by atoms with Crippen LogP contribution in [0.3, 0.4) is 0 Å². The third kappa shape index (κ3) is 4.92. The molecule has 0 unspecified atom stereocenters. The highest BCUT2D eigenvalue weighted by atomic mass is 32.2. The van der Waals surface area contributed by atoms with Crippen LogP contribution in [-0.4, -0.2) is 27.1 Å². The highest BCUT2D eigenvalue weighted by molar-refractivity contribution is 7.92. The molecule has 2 aromatic carbocycles. The number of nitrogens with one attached hydrogen (secondary N) is 1. The van der Waals surface area contributed by atoms with Gasteiger partial charge in [0.05, 0.1) is 16.8 Å². The van der Waals surface area contributed by atoms with Crippen molar-refractivity contribution in [1.82, 2.24) is 5.43 Å². The predicted octanol–water partition coefficient (Wildman–Crippen LogP) is 3.85. The van der Waals surface area contributed by atoms with Crippen molar-refractivity contribution in [2.24, 2.45) is 5.10 Å². The van der Waals surface area contributed by atoms with Crippen molar-refractivity contribution in [1.29, 1.82) is 0 Å². The Bertz CT molecular complexity index is 1170. The Labute approximate surface area is 178 Å². The summed E-state index contributed by atoms with van der Waals surface area (Å²) in [5, 5.41) is 5.78. The van der Waals surface area contributed by atoms with Crippen molar-refractivity contribution in [3.8, 4) is 0 Å². The molecule has 6 nitrogen and oxygen atoms in total. The second-order valence-corrected chi connectivity index (χ2v) is 9.35. The summed E-state index contributed by atoms with van der Waals surface area (Å²) in [5.74, 6) is -1.45. The molecule has 30 heavy (non-hydrogen) atoms. The van der Waals surface area contributed by atoms with Gasteiger partial charge in [0.15, 0.2) is 0 Å². The fourth-order valence-electron chi connectivity index (χ4n) is 2.64. The van der Waals surface area contributed by atoms with Crippen molar-refractivity contribution in [3.05, 3.63) is 81.8 Å².